The van der Waals surface area contributed by atoms with E-state index in [0.717, 1.165) is 32.3 Å². The van der Waals surface area contributed by atoms with E-state index in [2.05, 4.69) is 21.5 Å². The molecular formula is C15H23N3O2. The first-order valence-corrected chi connectivity index (χ1v) is 7.50. The summed E-state index contributed by atoms with van der Waals surface area (Å²) in [5.41, 5.74) is -0.351. The molecule has 0 aliphatic carbocycles. The zero-order valence-electron chi connectivity index (χ0n) is 11.9. The van der Waals surface area contributed by atoms with Crippen LogP contribution in [0.25, 0.3) is 0 Å². The second kappa shape index (κ2) is 7.39. The molecule has 0 aromatic heterocycles. The molecule has 0 bridgehead atoms. The fourth-order valence-electron chi connectivity index (χ4n) is 2.48. The Balaban J connectivity index is 1.53. The number of nitrogens with one attached hydrogen (secondary N) is 1. The first-order valence-electron chi connectivity index (χ1n) is 7.50. The van der Waals surface area contributed by atoms with Gasteiger partial charge in [0.25, 0.3) is 0 Å². The van der Waals surface area contributed by atoms with Gasteiger partial charge in [-0.25, -0.2) is 0 Å². The summed E-state index contributed by atoms with van der Waals surface area (Å²) in [5.74, 6) is 2.66. The number of nitrogens with zero attached hydrogens (tertiary/aromatic N) is 2. The summed E-state index contributed by atoms with van der Waals surface area (Å²) in [6.45, 7) is 1.55. The number of amides is 1. The van der Waals surface area contributed by atoms with Gasteiger partial charge in [0.05, 0.1) is 6.10 Å². The molecule has 2 aliphatic heterocycles. The van der Waals surface area contributed by atoms with E-state index in [1.807, 2.05) is 0 Å². The highest BCUT2D eigenvalue weighted by Crippen LogP contribution is 2.37. The summed E-state index contributed by atoms with van der Waals surface area (Å²) in [5, 5.41) is 11.0. The highest BCUT2D eigenvalue weighted by Gasteiger charge is 2.39. The smallest absolute Gasteiger partial charge is 0.220 e. The molecule has 0 saturated carbocycles. The Hall–Kier alpha value is -1.41. The molecule has 20 heavy (non-hydrogen) atoms. The van der Waals surface area contributed by atoms with Crippen molar-refractivity contribution in [1.29, 1.82) is 0 Å². The van der Waals surface area contributed by atoms with Crippen LogP contribution in [0.2, 0.25) is 0 Å². The Morgan fingerprint density at radius 3 is 2.90 bits per heavy atom. The lowest BCUT2D eigenvalue weighted by molar-refractivity contribution is -0.121. The number of hydrogen-bond donors (Lipinski definition) is 1. The minimum atomic E-state index is -0.351. The maximum Gasteiger partial charge on any atom is 0.220 e. The predicted octanol–water partition coefficient (Wildman–Crippen LogP) is 2.42. The van der Waals surface area contributed by atoms with E-state index in [9.17, 15) is 4.79 Å². The Morgan fingerprint density at radius 1 is 1.40 bits per heavy atom. The van der Waals surface area contributed by atoms with Crippen LogP contribution in [0.15, 0.2) is 10.2 Å². The van der Waals surface area contributed by atoms with Gasteiger partial charge in [0.2, 0.25) is 5.91 Å². The van der Waals surface area contributed by atoms with Crippen molar-refractivity contribution in [3.63, 3.8) is 0 Å². The summed E-state index contributed by atoms with van der Waals surface area (Å²) in [6, 6.07) is 0. The fraction of sp³-hybridized carbons (Fsp3) is 0.800. The molecule has 1 amide bonds. The third-order valence-electron chi connectivity index (χ3n) is 3.87. The Kier molecular flexibility index (Phi) is 5.54. The molecule has 1 fully saturated rings. The van der Waals surface area contributed by atoms with Crippen LogP contribution in [0.1, 0.15) is 51.4 Å². The zero-order chi connectivity index (χ0) is 14.3. The van der Waals surface area contributed by atoms with Crippen molar-refractivity contribution < 1.29 is 9.53 Å². The molecule has 0 radical (unpaired) electrons. The largest absolute Gasteiger partial charge is 0.378 e. The topological polar surface area (TPSA) is 63.0 Å². The molecule has 0 aromatic rings. The second-order valence-corrected chi connectivity index (χ2v) is 5.51. The first kappa shape index (κ1) is 15.0. The summed E-state index contributed by atoms with van der Waals surface area (Å²) in [7, 11) is 0. The van der Waals surface area contributed by atoms with Crippen molar-refractivity contribution in [2.75, 3.05) is 13.2 Å². The van der Waals surface area contributed by atoms with Gasteiger partial charge in [-0.3, -0.25) is 4.79 Å². The third-order valence-corrected chi connectivity index (χ3v) is 3.87. The minimum Gasteiger partial charge on any atom is -0.378 e. The van der Waals surface area contributed by atoms with E-state index in [1.165, 1.54) is 6.42 Å². The Morgan fingerprint density at radius 2 is 2.25 bits per heavy atom. The molecule has 0 aromatic carbocycles. The first-order chi connectivity index (χ1) is 9.74. The molecule has 5 nitrogen and oxygen atoms in total. The van der Waals surface area contributed by atoms with Crippen molar-refractivity contribution in [2.24, 2.45) is 10.2 Å². The maximum atomic E-state index is 11.8. The van der Waals surface area contributed by atoms with Crippen molar-refractivity contribution in [2.45, 2.75) is 63.1 Å². The monoisotopic (exact) mass is 277 g/mol. The molecule has 5 heteroatoms. The second-order valence-electron chi connectivity index (χ2n) is 5.51. The standard InChI is InChI=1S/C15H23N3O2/c1-2-3-9-15(17-18-15)10-7-14(19)16-11-8-13-6-4-5-12-20-13/h1,13H,3-12H2,(H,16,19). The van der Waals surface area contributed by atoms with Crippen LogP contribution >= 0.6 is 0 Å². The molecular weight excluding hydrogens is 254 g/mol. The SMILES string of the molecule is C#CCCC1(CCC(=O)NCCC2CCCCO2)N=N1. The van der Waals surface area contributed by atoms with Gasteiger partial charge in [-0.1, -0.05) is 0 Å². The van der Waals surface area contributed by atoms with Crippen LogP contribution in [0.5, 0.6) is 0 Å². The van der Waals surface area contributed by atoms with Crippen LogP contribution in [0.3, 0.4) is 0 Å². The van der Waals surface area contributed by atoms with Gasteiger partial charge in [-0.15, -0.1) is 12.3 Å². The lowest BCUT2D eigenvalue weighted by Gasteiger charge is -2.22. The zero-order valence-corrected chi connectivity index (χ0v) is 11.9. The van der Waals surface area contributed by atoms with Gasteiger partial charge in [-0.2, -0.15) is 10.2 Å². The van der Waals surface area contributed by atoms with Crippen LogP contribution < -0.4 is 5.32 Å². The quantitative estimate of drug-likeness (QED) is 0.692. The molecule has 1 saturated heterocycles. The Labute approximate surface area is 120 Å². The number of hydrogen-bond acceptors (Lipinski definition) is 4. The number of carbonyl (C=O) groups excluding carboxylic acids is 1. The highest BCUT2D eigenvalue weighted by molar-refractivity contribution is 5.75. The van der Waals surface area contributed by atoms with Crippen LogP contribution in [-0.2, 0) is 9.53 Å². The van der Waals surface area contributed by atoms with E-state index >= 15 is 0 Å². The number of carbonyl (C=O) groups is 1. The van der Waals surface area contributed by atoms with Crippen LogP contribution in [-0.4, -0.2) is 30.8 Å². The third kappa shape index (κ3) is 4.93. The summed E-state index contributed by atoms with van der Waals surface area (Å²) in [4.78, 5) is 11.8. The van der Waals surface area contributed by atoms with E-state index in [4.69, 9.17) is 11.2 Å². The van der Waals surface area contributed by atoms with Gasteiger partial charge >= 0.3 is 0 Å². The Bertz CT molecular complexity index is 388. The van der Waals surface area contributed by atoms with Gasteiger partial charge < -0.3 is 10.1 Å². The maximum absolute atomic E-state index is 11.8. The molecule has 0 spiro atoms. The van der Waals surface area contributed by atoms with Gasteiger partial charge in [0.1, 0.15) is 0 Å². The normalized spacial score (nSPS) is 23.1. The molecule has 110 valence electrons. The highest BCUT2D eigenvalue weighted by atomic mass is 16.5. The van der Waals surface area contributed by atoms with Crippen molar-refractivity contribution in [3.05, 3.63) is 0 Å². The van der Waals surface area contributed by atoms with E-state index < -0.39 is 0 Å². The summed E-state index contributed by atoms with van der Waals surface area (Å²) in [6.07, 6.45) is 12.5. The van der Waals surface area contributed by atoms with E-state index in [-0.39, 0.29) is 11.6 Å². The number of ether oxygens (including phenoxy) is 1. The summed E-state index contributed by atoms with van der Waals surface area (Å²) >= 11 is 0. The molecule has 1 atom stereocenters. The van der Waals surface area contributed by atoms with Crippen molar-refractivity contribution in [1.82, 2.24) is 5.32 Å². The molecule has 1 unspecified atom stereocenters. The average Bonchev–Trinajstić information content (AvgIpc) is 3.25. The summed E-state index contributed by atoms with van der Waals surface area (Å²) < 4.78 is 5.63. The van der Waals surface area contributed by atoms with Crippen molar-refractivity contribution >= 4 is 5.91 Å². The lowest BCUT2D eigenvalue weighted by atomic mass is 10.0. The van der Waals surface area contributed by atoms with Gasteiger partial charge in [-0.05, 0) is 25.7 Å². The number of rotatable bonds is 8. The van der Waals surface area contributed by atoms with Crippen molar-refractivity contribution in [3.8, 4) is 12.3 Å². The predicted molar refractivity (Wildman–Crippen MR) is 76.1 cm³/mol. The molecule has 1 N–H and O–H groups in total. The lowest BCUT2D eigenvalue weighted by Crippen LogP contribution is -2.30. The van der Waals surface area contributed by atoms with Crippen LogP contribution in [0, 0.1) is 12.3 Å². The van der Waals surface area contributed by atoms with Crippen LogP contribution in [0.4, 0.5) is 0 Å². The molecule has 2 aliphatic rings. The average molecular weight is 277 g/mol. The molecule has 2 heterocycles. The number of terminal acetylenes is 1. The van der Waals surface area contributed by atoms with Gasteiger partial charge in [0, 0.05) is 38.8 Å². The van der Waals surface area contributed by atoms with E-state index in [1.54, 1.807) is 0 Å². The van der Waals surface area contributed by atoms with E-state index in [0.29, 0.717) is 31.9 Å². The molecule has 2 rings (SSSR count). The van der Waals surface area contributed by atoms with Gasteiger partial charge in [0.15, 0.2) is 5.66 Å². The minimum absolute atomic E-state index is 0.0678. The fourth-order valence-corrected chi connectivity index (χ4v) is 2.48.